The van der Waals surface area contributed by atoms with Gasteiger partial charge in [-0.1, -0.05) is 0 Å². The molecule has 0 saturated carbocycles. The van der Waals surface area contributed by atoms with Crippen LogP contribution in [0.4, 0.5) is 0 Å². The van der Waals surface area contributed by atoms with Gasteiger partial charge >= 0.3 is 0 Å². The summed E-state index contributed by atoms with van der Waals surface area (Å²) in [5.74, 6) is -0.494. The van der Waals surface area contributed by atoms with E-state index in [4.69, 9.17) is 5.73 Å². The van der Waals surface area contributed by atoms with Crippen LogP contribution >= 0.6 is 0 Å². The molecule has 8 heteroatoms. The summed E-state index contributed by atoms with van der Waals surface area (Å²) in [5, 5.41) is 2.59. The van der Waals surface area contributed by atoms with Gasteiger partial charge in [0.25, 0.3) is 0 Å². The number of carbonyl (C=O) groups is 1. The number of hydrogen-bond donors (Lipinski definition) is 2. The molecule has 1 unspecified atom stereocenters. The summed E-state index contributed by atoms with van der Waals surface area (Å²) in [7, 11) is -3.10. The van der Waals surface area contributed by atoms with Gasteiger partial charge in [0.2, 0.25) is 5.91 Å². The van der Waals surface area contributed by atoms with Crippen LogP contribution in [0.2, 0.25) is 0 Å². The van der Waals surface area contributed by atoms with Crippen molar-refractivity contribution < 1.29 is 13.2 Å². The largest absolute Gasteiger partial charge is 0.349 e. The number of rotatable bonds is 6. The van der Waals surface area contributed by atoms with E-state index in [1.807, 2.05) is 0 Å². The highest BCUT2D eigenvalue weighted by molar-refractivity contribution is 7.90. The first-order valence-corrected chi connectivity index (χ1v) is 7.40. The Morgan fingerprint density at radius 2 is 2.28 bits per heavy atom. The normalized spacial score (nSPS) is 13.0. The monoisotopic (exact) mass is 272 g/mol. The first kappa shape index (κ1) is 14.5. The predicted octanol–water partition coefficient (Wildman–Crippen LogP) is -1.15. The molecule has 3 N–H and O–H groups in total. The Balaban J connectivity index is 2.37. The van der Waals surface area contributed by atoms with E-state index in [-0.39, 0.29) is 18.7 Å². The molecule has 0 radical (unpaired) electrons. The number of sulfone groups is 1. The molecule has 0 aliphatic heterocycles. The van der Waals surface area contributed by atoms with Gasteiger partial charge in [-0.25, -0.2) is 18.4 Å². The smallest absolute Gasteiger partial charge is 0.237 e. The molecule has 1 rings (SSSR count). The van der Waals surface area contributed by atoms with Crippen molar-refractivity contribution in [3.8, 4) is 0 Å². The fourth-order valence-electron chi connectivity index (χ4n) is 1.20. The summed E-state index contributed by atoms with van der Waals surface area (Å²) in [6.45, 7) is 0.244. The summed E-state index contributed by atoms with van der Waals surface area (Å²) in [5.41, 5.74) is 6.24. The van der Waals surface area contributed by atoms with Gasteiger partial charge in [0.15, 0.2) is 0 Å². The average molecular weight is 272 g/mol. The van der Waals surface area contributed by atoms with E-state index in [2.05, 4.69) is 15.3 Å². The summed E-state index contributed by atoms with van der Waals surface area (Å²) in [6, 6.07) is 0.837. The first-order valence-electron chi connectivity index (χ1n) is 5.34. The second-order valence-electron chi connectivity index (χ2n) is 3.94. The minimum Gasteiger partial charge on any atom is -0.349 e. The van der Waals surface area contributed by atoms with E-state index < -0.39 is 21.8 Å². The summed E-state index contributed by atoms with van der Waals surface area (Å²) >= 11 is 0. The van der Waals surface area contributed by atoms with E-state index >= 15 is 0 Å². The highest BCUT2D eigenvalue weighted by atomic mass is 32.2. The Morgan fingerprint density at radius 3 is 2.83 bits per heavy atom. The zero-order valence-corrected chi connectivity index (χ0v) is 10.9. The van der Waals surface area contributed by atoms with Crippen molar-refractivity contribution in [1.82, 2.24) is 15.3 Å². The van der Waals surface area contributed by atoms with E-state index in [9.17, 15) is 13.2 Å². The molecule has 0 bridgehead atoms. The van der Waals surface area contributed by atoms with Crippen molar-refractivity contribution in [1.29, 1.82) is 0 Å². The van der Waals surface area contributed by atoms with Crippen molar-refractivity contribution in [2.45, 2.75) is 19.0 Å². The summed E-state index contributed by atoms with van der Waals surface area (Å²) < 4.78 is 21.9. The highest BCUT2D eigenvalue weighted by Gasteiger charge is 2.15. The highest BCUT2D eigenvalue weighted by Crippen LogP contribution is 1.95. The topological polar surface area (TPSA) is 115 Å². The van der Waals surface area contributed by atoms with Crippen LogP contribution in [0.15, 0.2) is 18.6 Å². The second kappa shape index (κ2) is 6.41. The van der Waals surface area contributed by atoms with Crippen LogP contribution in [0.25, 0.3) is 0 Å². The molecule has 0 aromatic carbocycles. The van der Waals surface area contributed by atoms with Gasteiger partial charge in [-0.05, 0) is 12.5 Å². The third-order valence-electron chi connectivity index (χ3n) is 2.22. The van der Waals surface area contributed by atoms with Crippen molar-refractivity contribution in [2.24, 2.45) is 5.73 Å². The van der Waals surface area contributed by atoms with Gasteiger partial charge in [0.1, 0.15) is 16.2 Å². The molecule has 1 amide bonds. The molecular formula is C10H16N4O3S. The Bertz CT molecular complexity index is 489. The summed E-state index contributed by atoms with van der Waals surface area (Å²) in [4.78, 5) is 19.2. The molecule has 0 aliphatic rings. The lowest BCUT2D eigenvalue weighted by molar-refractivity contribution is -0.122. The lowest BCUT2D eigenvalue weighted by Crippen LogP contribution is -2.41. The minimum absolute atomic E-state index is 0.102. The van der Waals surface area contributed by atoms with Crippen molar-refractivity contribution in [3.05, 3.63) is 24.3 Å². The van der Waals surface area contributed by atoms with Crippen molar-refractivity contribution in [3.63, 3.8) is 0 Å². The Labute approximate surface area is 106 Å². The lowest BCUT2D eigenvalue weighted by atomic mass is 10.2. The van der Waals surface area contributed by atoms with Gasteiger partial charge in [-0.15, -0.1) is 0 Å². The molecule has 1 aromatic heterocycles. The molecule has 1 atom stereocenters. The molecule has 0 spiro atoms. The SMILES string of the molecule is CS(=O)(=O)CCC(N)C(=O)NCc1ccncn1. The molecule has 1 heterocycles. The second-order valence-corrected chi connectivity index (χ2v) is 6.20. The van der Waals surface area contributed by atoms with Crippen molar-refractivity contribution >= 4 is 15.7 Å². The van der Waals surface area contributed by atoms with Gasteiger partial charge in [-0.3, -0.25) is 4.79 Å². The number of nitrogens with zero attached hydrogens (tertiary/aromatic N) is 2. The quantitative estimate of drug-likeness (QED) is 0.676. The van der Waals surface area contributed by atoms with Crippen LogP contribution in [0, 0.1) is 0 Å². The van der Waals surface area contributed by atoms with Gasteiger partial charge in [0, 0.05) is 12.5 Å². The van der Waals surface area contributed by atoms with E-state index in [1.54, 1.807) is 12.3 Å². The molecule has 7 nitrogen and oxygen atoms in total. The van der Waals surface area contributed by atoms with Crippen LogP contribution in [-0.2, 0) is 21.2 Å². The van der Waals surface area contributed by atoms with Crippen molar-refractivity contribution in [2.75, 3.05) is 12.0 Å². The maximum absolute atomic E-state index is 11.6. The summed E-state index contributed by atoms with van der Waals surface area (Å²) in [6.07, 6.45) is 4.16. The maximum atomic E-state index is 11.6. The zero-order chi connectivity index (χ0) is 13.6. The van der Waals surface area contributed by atoms with Gasteiger partial charge < -0.3 is 11.1 Å². The molecule has 100 valence electrons. The van der Waals surface area contributed by atoms with E-state index in [1.165, 1.54) is 6.33 Å². The fourth-order valence-corrected chi connectivity index (χ4v) is 1.89. The molecule has 18 heavy (non-hydrogen) atoms. The first-order chi connectivity index (χ1) is 8.38. The number of aromatic nitrogens is 2. The predicted molar refractivity (Wildman–Crippen MR) is 66.2 cm³/mol. The molecule has 0 fully saturated rings. The number of carbonyl (C=O) groups excluding carboxylic acids is 1. The average Bonchev–Trinajstić information content (AvgIpc) is 2.33. The van der Waals surface area contributed by atoms with Crippen LogP contribution in [-0.4, -0.2) is 42.3 Å². The molecule has 1 aromatic rings. The van der Waals surface area contributed by atoms with Crippen LogP contribution in [0.1, 0.15) is 12.1 Å². The van der Waals surface area contributed by atoms with E-state index in [0.29, 0.717) is 5.69 Å². The van der Waals surface area contributed by atoms with Crippen LogP contribution in [0.3, 0.4) is 0 Å². The standard InChI is InChI=1S/C10H16N4O3S/c1-18(16,17)5-3-9(11)10(15)13-6-8-2-4-12-7-14-8/h2,4,7,9H,3,5-6,11H2,1H3,(H,13,15). The molecule has 0 aliphatic carbocycles. The number of amides is 1. The third-order valence-corrected chi connectivity index (χ3v) is 3.20. The molecule has 0 saturated heterocycles. The van der Waals surface area contributed by atoms with Gasteiger partial charge in [-0.2, -0.15) is 0 Å². The zero-order valence-electron chi connectivity index (χ0n) is 10.0. The Morgan fingerprint density at radius 1 is 1.56 bits per heavy atom. The lowest BCUT2D eigenvalue weighted by Gasteiger charge is -2.11. The Hall–Kier alpha value is -1.54. The maximum Gasteiger partial charge on any atom is 0.237 e. The fraction of sp³-hybridized carbons (Fsp3) is 0.500. The molecular weight excluding hydrogens is 256 g/mol. The number of hydrogen-bond acceptors (Lipinski definition) is 6. The van der Waals surface area contributed by atoms with Gasteiger partial charge in [0.05, 0.1) is 24.0 Å². The van der Waals surface area contributed by atoms with Crippen LogP contribution in [0.5, 0.6) is 0 Å². The van der Waals surface area contributed by atoms with E-state index in [0.717, 1.165) is 6.26 Å². The Kier molecular flexibility index (Phi) is 5.17. The third kappa shape index (κ3) is 5.69. The number of nitrogens with one attached hydrogen (secondary N) is 1. The minimum atomic E-state index is -3.10. The van der Waals surface area contributed by atoms with Crippen LogP contribution < -0.4 is 11.1 Å². The number of nitrogens with two attached hydrogens (primary N) is 1.